The van der Waals surface area contributed by atoms with E-state index in [0.717, 1.165) is 38.5 Å². The van der Waals surface area contributed by atoms with Crippen LogP contribution in [0.4, 0.5) is 0 Å². The van der Waals surface area contributed by atoms with Gasteiger partial charge < -0.3 is 14.9 Å². The predicted molar refractivity (Wildman–Crippen MR) is 134 cm³/mol. The Morgan fingerprint density at radius 2 is 1.79 bits per heavy atom. The Morgan fingerprint density at radius 1 is 1.09 bits per heavy atom. The van der Waals surface area contributed by atoms with Gasteiger partial charge in [-0.2, -0.15) is 0 Å². The summed E-state index contributed by atoms with van der Waals surface area (Å²) in [5, 5.41) is 23.2. The number of fused-ring (bicyclic) bond motifs is 3. The number of esters is 1. The molecule has 0 amide bonds. The second-order valence-electron chi connectivity index (χ2n) is 13.4. The van der Waals surface area contributed by atoms with Gasteiger partial charge >= 0.3 is 5.97 Å². The van der Waals surface area contributed by atoms with Gasteiger partial charge in [-0.05, 0) is 78.6 Å². The fourth-order valence-corrected chi connectivity index (χ4v) is 9.26. The van der Waals surface area contributed by atoms with Crippen LogP contribution in [0.5, 0.6) is 0 Å². The van der Waals surface area contributed by atoms with E-state index in [9.17, 15) is 15.0 Å². The van der Waals surface area contributed by atoms with Crippen LogP contribution in [0.1, 0.15) is 106 Å². The summed E-state index contributed by atoms with van der Waals surface area (Å²) < 4.78 is 6.20. The van der Waals surface area contributed by atoms with E-state index >= 15 is 0 Å². The predicted octanol–water partition coefficient (Wildman–Crippen LogP) is 6.17. The summed E-state index contributed by atoms with van der Waals surface area (Å²) in [4.78, 5) is 13.8. The Labute approximate surface area is 205 Å². The maximum absolute atomic E-state index is 13.8. The minimum absolute atomic E-state index is 0.0725. The zero-order valence-corrected chi connectivity index (χ0v) is 22.3. The molecular formula is C30H44O4. The third-order valence-electron chi connectivity index (χ3n) is 11.3. The highest BCUT2D eigenvalue weighted by Gasteiger charge is 2.82. The van der Waals surface area contributed by atoms with Gasteiger partial charge in [0, 0.05) is 16.2 Å². The van der Waals surface area contributed by atoms with Gasteiger partial charge in [-0.1, -0.05) is 62.1 Å². The van der Waals surface area contributed by atoms with Crippen LogP contribution in [0.25, 0.3) is 0 Å². The van der Waals surface area contributed by atoms with Crippen LogP contribution in [0.2, 0.25) is 0 Å². The first-order valence-electron chi connectivity index (χ1n) is 13.4. The Kier molecular flexibility index (Phi) is 5.07. The highest BCUT2D eigenvalue weighted by molar-refractivity contribution is 5.86. The lowest BCUT2D eigenvalue weighted by Gasteiger charge is -2.58. The second-order valence-corrected chi connectivity index (χ2v) is 13.4. The van der Waals surface area contributed by atoms with Crippen LogP contribution >= 0.6 is 0 Å². The highest BCUT2D eigenvalue weighted by Crippen LogP contribution is 2.76. The van der Waals surface area contributed by atoms with Gasteiger partial charge in [-0.15, -0.1) is 0 Å². The number of aliphatic hydroxyl groups excluding tert-OH is 1. The van der Waals surface area contributed by atoms with Crippen LogP contribution in [-0.4, -0.2) is 33.5 Å². The zero-order chi connectivity index (χ0) is 24.9. The molecule has 1 saturated heterocycles. The summed E-state index contributed by atoms with van der Waals surface area (Å²) in [5.41, 5.74) is 1.88. The Morgan fingerprint density at radius 3 is 2.47 bits per heavy atom. The molecule has 2 N–H and O–H groups in total. The van der Waals surface area contributed by atoms with E-state index in [0.29, 0.717) is 19.3 Å². The lowest BCUT2D eigenvalue weighted by Crippen LogP contribution is -2.60. The number of rotatable bonds is 3. The number of allylic oxidation sites excluding steroid dienone is 5. The van der Waals surface area contributed by atoms with E-state index in [1.54, 1.807) is 0 Å². The number of carbonyl (C=O) groups is 1. The largest absolute Gasteiger partial charge is 0.456 e. The quantitative estimate of drug-likeness (QED) is 0.384. The fourth-order valence-electron chi connectivity index (χ4n) is 9.26. The number of hydrogen-bond acceptors (Lipinski definition) is 4. The molecule has 0 radical (unpaired) electrons. The molecule has 2 unspecified atom stereocenters. The molecular weight excluding hydrogens is 424 g/mol. The Balaban J connectivity index is 1.58. The van der Waals surface area contributed by atoms with Gasteiger partial charge in [0.15, 0.2) is 0 Å². The lowest BCUT2D eigenvalue weighted by atomic mass is 9.45. The SMILES string of the molecule is CC(C)=CCC[C@]1(C)OC(=O)C23CCC4=C(CC=C5C(C)(C)C(O)CC[C@@]54C)[C@]2(C)CC[C@@]31O. The van der Waals surface area contributed by atoms with Crippen molar-refractivity contribution in [1.29, 1.82) is 0 Å². The van der Waals surface area contributed by atoms with E-state index in [1.165, 1.54) is 22.3 Å². The smallest absolute Gasteiger partial charge is 0.316 e. The molecule has 0 aromatic heterocycles. The molecule has 4 heteroatoms. The zero-order valence-electron chi connectivity index (χ0n) is 22.3. The Hall–Kier alpha value is -1.39. The average molecular weight is 469 g/mol. The van der Waals surface area contributed by atoms with Gasteiger partial charge in [0.25, 0.3) is 0 Å². The van der Waals surface area contributed by atoms with Crippen LogP contribution < -0.4 is 0 Å². The van der Waals surface area contributed by atoms with Gasteiger partial charge in [-0.25, -0.2) is 0 Å². The van der Waals surface area contributed by atoms with Crippen LogP contribution in [0, 0.1) is 21.7 Å². The molecule has 3 fully saturated rings. The van der Waals surface area contributed by atoms with E-state index in [4.69, 9.17) is 4.74 Å². The van der Waals surface area contributed by atoms with Crippen molar-refractivity contribution in [3.8, 4) is 0 Å². The van der Waals surface area contributed by atoms with Crippen molar-refractivity contribution < 1.29 is 19.7 Å². The van der Waals surface area contributed by atoms with Gasteiger partial charge in [0.2, 0.25) is 0 Å². The molecule has 2 saturated carbocycles. The molecule has 188 valence electrons. The molecule has 5 rings (SSSR count). The summed E-state index contributed by atoms with van der Waals surface area (Å²) >= 11 is 0. The summed E-state index contributed by atoms with van der Waals surface area (Å²) in [7, 11) is 0. The number of carbonyl (C=O) groups excluding carboxylic acids is 1. The van der Waals surface area contributed by atoms with E-state index in [1.807, 2.05) is 6.92 Å². The molecule has 1 aliphatic heterocycles. The molecule has 0 bridgehead atoms. The van der Waals surface area contributed by atoms with Gasteiger partial charge in [0.1, 0.15) is 16.6 Å². The lowest BCUT2D eigenvalue weighted by molar-refractivity contribution is -0.158. The average Bonchev–Trinajstić information content (AvgIpc) is 3.09. The third-order valence-corrected chi connectivity index (χ3v) is 11.3. The molecule has 0 aromatic rings. The van der Waals surface area contributed by atoms with Crippen LogP contribution in [0.3, 0.4) is 0 Å². The number of hydrogen-bond donors (Lipinski definition) is 2. The standard InChI is InChI=1S/C30H44O4/c1-19(2)9-8-14-28(7)30(33)18-17-27(6)21-10-11-22-25(3,4)23(31)13-15-26(22,5)20(21)12-16-29(27,30)24(32)34-28/h9,11,23,31,33H,8,10,12-18H2,1-7H3/t23?,26-,27+,28+,29?,30+/m1/s1. The number of cyclic esters (lactones) is 1. The fraction of sp³-hybridized carbons (Fsp3) is 0.767. The van der Waals surface area contributed by atoms with Crippen molar-refractivity contribution in [3.63, 3.8) is 0 Å². The van der Waals surface area contributed by atoms with Gasteiger partial charge in [0.05, 0.1) is 6.10 Å². The molecule has 1 heterocycles. The van der Waals surface area contributed by atoms with Crippen molar-refractivity contribution in [2.75, 3.05) is 0 Å². The maximum atomic E-state index is 13.8. The van der Waals surface area contributed by atoms with Crippen molar-refractivity contribution in [2.45, 2.75) is 124 Å². The van der Waals surface area contributed by atoms with E-state index in [-0.39, 0.29) is 22.9 Å². The maximum Gasteiger partial charge on any atom is 0.316 e. The topological polar surface area (TPSA) is 66.8 Å². The van der Waals surface area contributed by atoms with Crippen molar-refractivity contribution in [1.82, 2.24) is 0 Å². The molecule has 6 atom stereocenters. The first-order valence-corrected chi connectivity index (χ1v) is 13.4. The molecule has 1 spiro atoms. The minimum atomic E-state index is -1.15. The third kappa shape index (κ3) is 2.60. The van der Waals surface area contributed by atoms with Crippen LogP contribution in [-0.2, 0) is 9.53 Å². The van der Waals surface area contributed by atoms with Crippen molar-refractivity contribution in [2.24, 2.45) is 21.7 Å². The van der Waals surface area contributed by atoms with Crippen LogP contribution in [0.15, 0.2) is 34.4 Å². The molecule has 4 nitrogen and oxygen atoms in total. The summed E-state index contributed by atoms with van der Waals surface area (Å²) in [5.74, 6) is -0.180. The number of aliphatic hydroxyl groups is 2. The molecule has 34 heavy (non-hydrogen) atoms. The first-order chi connectivity index (χ1) is 15.7. The first kappa shape index (κ1) is 24.3. The van der Waals surface area contributed by atoms with Crippen molar-refractivity contribution in [3.05, 3.63) is 34.4 Å². The molecule has 5 aliphatic rings. The van der Waals surface area contributed by atoms with E-state index < -0.39 is 22.0 Å². The Bertz CT molecular complexity index is 1030. The minimum Gasteiger partial charge on any atom is -0.456 e. The van der Waals surface area contributed by atoms with E-state index in [2.05, 4.69) is 53.7 Å². The van der Waals surface area contributed by atoms with Crippen molar-refractivity contribution >= 4 is 5.97 Å². The molecule has 4 aliphatic carbocycles. The molecule has 0 aromatic carbocycles. The highest BCUT2D eigenvalue weighted by atomic mass is 16.6. The summed E-state index contributed by atoms with van der Waals surface area (Å²) in [6.07, 6.45) is 11.1. The summed E-state index contributed by atoms with van der Waals surface area (Å²) in [6.45, 7) is 15.1. The second kappa shape index (κ2) is 7.09. The monoisotopic (exact) mass is 468 g/mol. The number of ether oxygens (including phenoxy) is 1. The van der Waals surface area contributed by atoms with Gasteiger partial charge in [-0.3, -0.25) is 4.79 Å². The summed E-state index contributed by atoms with van der Waals surface area (Å²) in [6, 6.07) is 0. The normalized spacial score (nSPS) is 46.7.